The second-order valence-electron chi connectivity index (χ2n) is 3.55. The van der Waals surface area contributed by atoms with Gasteiger partial charge in [0.25, 0.3) is 0 Å². The van der Waals surface area contributed by atoms with Crippen molar-refractivity contribution >= 4 is 12.0 Å². The summed E-state index contributed by atoms with van der Waals surface area (Å²) in [5.41, 5.74) is 5.14. The molecule has 0 unspecified atom stereocenters. The van der Waals surface area contributed by atoms with Crippen molar-refractivity contribution < 1.29 is 14.3 Å². The second-order valence-corrected chi connectivity index (χ2v) is 3.55. The van der Waals surface area contributed by atoms with Gasteiger partial charge in [0.1, 0.15) is 0 Å². The molecule has 0 saturated carbocycles. The molecule has 0 radical (unpaired) electrons. The molecule has 2 N–H and O–H groups in total. The smallest absolute Gasteiger partial charge is 0.314 e. The standard InChI is InChI=1S/C9H16N2O3/c1-14-8(12)6-7-2-4-11(5-3-7)9(10)13/h7H,2-6H2,1H3,(H2,10,13). The van der Waals surface area contributed by atoms with Crippen molar-refractivity contribution in [2.24, 2.45) is 11.7 Å². The molecule has 0 aromatic heterocycles. The number of hydrogen-bond donors (Lipinski definition) is 1. The average molecular weight is 200 g/mol. The Morgan fingerprint density at radius 3 is 2.43 bits per heavy atom. The van der Waals surface area contributed by atoms with E-state index in [1.807, 2.05) is 0 Å². The highest BCUT2D eigenvalue weighted by Crippen LogP contribution is 2.20. The van der Waals surface area contributed by atoms with Gasteiger partial charge in [-0.25, -0.2) is 4.79 Å². The Morgan fingerprint density at radius 2 is 2.00 bits per heavy atom. The largest absolute Gasteiger partial charge is 0.469 e. The molecule has 0 aliphatic carbocycles. The number of ether oxygens (including phenoxy) is 1. The van der Waals surface area contributed by atoms with Gasteiger partial charge in [0, 0.05) is 19.5 Å². The number of primary amides is 1. The number of amides is 2. The van der Waals surface area contributed by atoms with Crippen LogP contribution in [0.25, 0.3) is 0 Å². The summed E-state index contributed by atoms with van der Waals surface area (Å²) >= 11 is 0. The van der Waals surface area contributed by atoms with Crippen LogP contribution < -0.4 is 5.73 Å². The van der Waals surface area contributed by atoms with E-state index in [0.29, 0.717) is 25.4 Å². The molecule has 1 aliphatic heterocycles. The summed E-state index contributed by atoms with van der Waals surface area (Å²) in [5, 5.41) is 0. The number of esters is 1. The van der Waals surface area contributed by atoms with Gasteiger partial charge in [0.2, 0.25) is 0 Å². The molecule has 0 aromatic carbocycles. The topological polar surface area (TPSA) is 72.6 Å². The maximum absolute atomic E-state index is 11.0. The minimum absolute atomic E-state index is 0.178. The molecule has 2 amide bonds. The summed E-state index contributed by atoms with van der Waals surface area (Å²) < 4.78 is 4.58. The van der Waals surface area contributed by atoms with E-state index in [2.05, 4.69) is 4.74 Å². The minimum Gasteiger partial charge on any atom is -0.469 e. The molecule has 5 heteroatoms. The first kappa shape index (κ1) is 10.8. The average Bonchev–Trinajstić information content (AvgIpc) is 2.18. The van der Waals surface area contributed by atoms with Crippen LogP contribution in [-0.4, -0.2) is 37.1 Å². The van der Waals surface area contributed by atoms with Crippen molar-refractivity contribution in [1.29, 1.82) is 0 Å². The van der Waals surface area contributed by atoms with E-state index in [0.717, 1.165) is 12.8 Å². The van der Waals surface area contributed by atoms with Crippen LogP contribution in [0.15, 0.2) is 0 Å². The summed E-state index contributed by atoms with van der Waals surface area (Å²) in [6.45, 7) is 1.30. The Bertz CT molecular complexity index is 222. The second kappa shape index (κ2) is 4.83. The predicted octanol–water partition coefficient (Wildman–Crippen LogP) is 0.340. The fourth-order valence-corrected chi connectivity index (χ4v) is 1.68. The normalized spacial score (nSPS) is 17.9. The fourth-order valence-electron chi connectivity index (χ4n) is 1.68. The molecule has 80 valence electrons. The summed E-state index contributed by atoms with van der Waals surface area (Å²) in [5.74, 6) is 0.153. The number of piperidine rings is 1. The summed E-state index contributed by atoms with van der Waals surface area (Å²) in [6.07, 6.45) is 2.11. The van der Waals surface area contributed by atoms with Crippen LogP contribution in [0.2, 0.25) is 0 Å². The van der Waals surface area contributed by atoms with E-state index in [4.69, 9.17) is 5.73 Å². The van der Waals surface area contributed by atoms with Crippen LogP contribution in [0.4, 0.5) is 4.79 Å². The van der Waals surface area contributed by atoms with Crippen molar-refractivity contribution in [3.05, 3.63) is 0 Å². The molecule has 0 bridgehead atoms. The Morgan fingerprint density at radius 1 is 1.43 bits per heavy atom. The van der Waals surface area contributed by atoms with E-state index in [1.54, 1.807) is 4.90 Å². The van der Waals surface area contributed by atoms with Gasteiger partial charge in [-0.15, -0.1) is 0 Å². The number of hydrogen-bond acceptors (Lipinski definition) is 3. The molecule has 0 aromatic rings. The van der Waals surface area contributed by atoms with E-state index in [1.165, 1.54) is 7.11 Å². The van der Waals surface area contributed by atoms with Crippen LogP contribution in [-0.2, 0) is 9.53 Å². The van der Waals surface area contributed by atoms with Crippen LogP contribution in [0, 0.1) is 5.92 Å². The van der Waals surface area contributed by atoms with E-state index >= 15 is 0 Å². The number of methoxy groups -OCH3 is 1. The van der Waals surface area contributed by atoms with Gasteiger partial charge >= 0.3 is 12.0 Å². The Hall–Kier alpha value is -1.26. The summed E-state index contributed by atoms with van der Waals surface area (Å²) in [4.78, 5) is 23.4. The molecule has 1 heterocycles. The molecule has 0 atom stereocenters. The van der Waals surface area contributed by atoms with Gasteiger partial charge in [-0.05, 0) is 18.8 Å². The van der Waals surface area contributed by atoms with Gasteiger partial charge in [-0.1, -0.05) is 0 Å². The van der Waals surface area contributed by atoms with Crippen molar-refractivity contribution in [3.63, 3.8) is 0 Å². The van der Waals surface area contributed by atoms with Crippen LogP contribution >= 0.6 is 0 Å². The first-order valence-corrected chi connectivity index (χ1v) is 4.74. The molecular weight excluding hydrogens is 184 g/mol. The first-order chi connectivity index (χ1) is 6.63. The van der Waals surface area contributed by atoms with Crippen LogP contribution in [0.5, 0.6) is 0 Å². The number of urea groups is 1. The predicted molar refractivity (Wildman–Crippen MR) is 50.5 cm³/mol. The van der Waals surface area contributed by atoms with Gasteiger partial charge in [0.05, 0.1) is 7.11 Å². The SMILES string of the molecule is COC(=O)CC1CCN(C(N)=O)CC1. The minimum atomic E-state index is -0.374. The van der Waals surface area contributed by atoms with Crippen LogP contribution in [0.3, 0.4) is 0 Å². The zero-order valence-electron chi connectivity index (χ0n) is 8.36. The molecule has 1 rings (SSSR count). The third-order valence-electron chi connectivity index (χ3n) is 2.61. The van der Waals surface area contributed by atoms with Gasteiger partial charge < -0.3 is 15.4 Å². The zero-order chi connectivity index (χ0) is 10.6. The summed E-state index contributed by atoms with van der Waals surface area (Å²) in [6, 6.07) is -0.374. The van der Waals surface area contributed by atoms with Crippen LogP contribution in [0.1, 0.15) is 19.3 Å². The molecular formula is C9H16N2O3. The Kier molecular flexibility index (Phi) is 3.73. The zero-order valence-corrected chi connectivity index (χ0v) is 8.36. The van der Waals surface area contributed by atoms with Gasteiger partial charge in [-0.2, -0.15) is 0 Å². The lowest BCUT2D eigenvalue weighted by atomic mass is 9.94. The maximum Gasteiger partial charge on any atom is 0.314 e. The van der Waals surface area contributed by atoms with Crippen molar-refractivity contribution in [3.8, 4) is 0 Å². The van der Waals surface area contributed by atoms with Crippen molar-refractivity contribution in [2.75, 3.05) is 20.2 Å². The highest BCUT2D eigenvalue weighted by molar-refractivity contribution is 5.72. The van der Waals surface area contributed by atoms with E-state index in [-0.39, 0.29) is 12.0 Å². The molecule has 0 spiro atoms. The lowest BCUT2D eigenvalue weighted by molar-refractivity contribution is -0.142. The number of carbonyl (C=O) groups is 2. The molecule has 1 saturated heterocycles. The molecule has 5 nitrogen and oxygen atoms in total. The van der Waals surface area contributed by atoms with Crippen molar-refractivity contribution in [2.45, 2.75) is 19.3 Å². The van der Waals surface area contributed by atoms with Crippen molar-refractivity contribution in [1.82, 2.24) is 4.90 Å². The van der Waals surface area contributed by atoms with Gasteiger partial charge in [0.15, 0.2) is 0 Å². The lowest BCUT2D eigenvalue weighted by Crippen LogP contribution is -2.41. The van der Waals surface area contributed by atoms with E-state index in [9.17, 15) is 9.59 Å². The highest BCUT2D eigenvalue weighted by atomic mass is 16.5. The lowest BCUT2D eigenvalue weighted by Gasteiger charge is -2.30. The monoisotopic (exact) mass is 200 g/mol. The molecule has 1 aliphatic rings. The number of nitrogens with zero attached hydrogens (tertiary/aromatic N) is 1. The number of carbonyl (C=O) groups excluding carboxylic acids is 2. The van der Waals surface area contributed by atoms with Gasteiger partial charge in [-0.3, -0.25) is 4.79 Å². The summed E-state index contributed by atoms with van der Waals surface area (Å²) in [7, 11) is 1.39. The Labute approximate surface area is 83.2 Å². The Balaban J connectivity index is 2.29. The fraction of sp³-hybridized carbons (Fsp3) is 0.778. The van der Waals surface area contributed by atoms with E-state index < -0.39 is 0 Å². The highest BCUT2D eigenvalue weighted by Gasteiger charge is 2.23. The quantitative estimate of drug-likeness (QED) is 0.653. The number of rotatable bonds is 2. The third kappa shape index (κ3) is 2.90. The third-order valence-corrected chi connectivity index (χ3v) is 2.61. The maximum atomic E-state index is 11.0. The molecule has 1 fully saturated rings. The first-order valence-electron chi connectivity index (χ1n) is 4.74. The number of nitrogens with two attached hydrogens (primary N) is 1. The molecule has 14 heavy (non-hydrogen) atoms. The number of likely N-dealkylation sites (tertiary alicyclic amines) is 1.